The summed E-state index contributed by atoms with van der Waals surface area (Å²) in [5.41, 5.74) is -0.355. The predicted octanol–water partition coefficient (Wildman–Crippen LogP) is 5.53. The number of hydrogen-bond donors (Lipinski definition) is 2. The van der Waals surface area contributed by atoms with Gasteiger partial charge in [-0.15, -0.1) is 0 Å². The maximum absolute atomic E-state index is 12.8. The van der Waals surface area contributed by atoms with Gasteiger partial charge in [0.05, 0.1) is 12.0 Å². The minimum Gasteiger partial charge on any atom is -0.462 e. The largest absolute Gasteiger partial charge is 0.462 e. The third kappa shape index (κ3) is 10.5. The summed E-state index contributed by atoms with van der Waals surface area (Å²) in [5, 5.41) is 18.4. The SMILES string of the molecule is CCCCCCCCCCCCC1(C(=O)OCC(O)CO)CCCCCC1. The van der Waals surface area contributed by atoms with E-state index in [4.69, 9.17) is 9.84 Å². The van der Waals surface area contributed by atoms with Crippen molar-refractivity contribution in [1.82, 2.24) is 0 Å². The molecule has 1 rings (SSSR count). The smallest absolute Gasteiger partial charge is 0.312 e. The predicted molar refractivity (Wildman–Crippen MR) is 111 cm³/mol. The summed E-state index contributed by atoms with van der Waals surface area (Å²) >= 11 is 0. The first-order valence-corrected chi connectivity index (χ1v) is 11.6. The summed E-state index contributed by atoms with van der Waals surface area (Å²) in [7, 11) is 0. The Hall–Kier alpha value is -0.610. The number of ether oxygens (including phenoxy) is 1. The lowest BCUT2D eigenvalue weighted by Gasteiger charge is -2.31. The molecule has 4 heteroatoms. The van der Waals surface area contributed by atoms with Gasteiger partial charge < -0.3 is 14.9 Å². The zero-order valence-electron chi connectivity index (χ0n) is 17.7. The number of carbonyl (C=O) groups excluding carboxylic acids is 1. The van der Waals surface area contributed by atoms with Crippen molar-refractivity contribution in [2.75, 3.05) is 13.2 Å². The van der Waals surface area contributed by atoms with Gasteiger partial charge in [-0.2, -0.15) is 0 Å². The number of carbonyl (C=O) groups is 1. The molecule has 1 fully saturated rings. The second-order valence-corrected chi connectivity index (χ2v) is 8.56. The fourth-order valence-electron chi connectivity index (χ4n) is 4.29. The number of unbranched alkanes of at least 4 members (excludes halogenated alkanes) is 9. The molecule has 0 amide bonds. The van der Waals surface area contributed by atoms with E-state index in [0.717, 1.165) is 38.5 Å². The Morgan fingerprint density at radius 1 is 0.889 bits per heavy atom. The van der Waals surface area contributed by atoms with Gasteiger partial charge in [0.1, 0.15) is 12.7 Å². The highest BCUT2D eigenvalue weighted by Crippen LogP contribution is 2.41. The lowest BCUT2D eigenvalue weighted by atomic mass is 9.76. The lowest BCUT2D eigenvalue weighted by molar-refractivity contribution is -0.161. The molecule has 1 aliphatic rings. The van der Waals surface area contributed by atoms with Crippen molar-refractivity contribution in [3.8, 4) is 0 Å². The van der Waals surface area contributed by atoms with Crippen LogP contribution in [0.1, 0.15) is 116 Å². The monoisotopic (exact) mass is 384 g/mol. The van der Waals surface area contributed by atoms with Crippen LogP contribution in [0.4, 0.5) is 0 Å². The molecule has 0 aromatic heterocycles. The average molecular weight is 385 g/mol. The Balaban J connectivity index is 2.30. The van der Waals surface area contributed by atoms with Crippen molar-refractivity contribution in [2.24, 2.45) is 5.41 Å². The number of rotatable bonds is 15. The van der Waals surface area contributed by atoms with Crippen molar-refractivity contribution in [3.63, 3.8) is 0 Å². The fraction of sp³-hybridized carbons (Fsp3) is 0.957. The molecule has 0 radical (unpaired) electrons. The van der Waals surface area contributed by atoms with Crippen LogP contribution < -0.4 is 0 Å². The molecule has 2 N–H and O–H groups in total. The second kappa shape index (κ2) is 15.3. The van der Waals surface area contributed by atoms with Crippen LogP contribution >= 0.6 is 0 Å². The number of aliphatic hydroxyl groups is 2. The standard InChI is InChI=1S/C23H44O4/c1-2-3-4-5-6-7-8-9-10-13-16-23(17-14-11-12-15-18-23)22(26)27-20-21(25)19-24/h21,24-25H,2-20H2,1H3. The molecular formula is C23H44O4. The first-order valence-electron chi connectivity index (χ1n) is 11.6. The highest BCUT2D eigenvalue weighted by molar-refractivity contribution is 5.76. The Kier molecular flexibility index (Phi) is 13.9. The molecule has 4 nitrogen and oxygen atoms in total. The van der Waals surface area contributed by atoms with Gasteiger partial charge in [-0.3, -0.25) is 4.79 Å². The van der Waals surface area contributed by atoms with Gasteiger partial charge in [0.25, 0.3) is 0 Å². The van der Waals surface area contributed by atoms with E-state index in [1.807, 2.05) is 0 Å². The van der Waals surface area contributed by atoms with E-state index in [1.165, 1.54) is 70.6 Å². The van der Waals surface area contributed by atoms with E-state index >= 15 is 0 Å². The van der Waals surface area contributed by atoms with E-state index in [1.54, 1.807) is 0 Å². The van der Waals surface area contributed by atoms with E-state index in [0.29, 0.717) is 0 Å². The molecule has 160 valence electrons. The highest BCUT2D eigenvalue weighted by atomic mass is 16.5. The van der Waals surface area contributed by atoms with E-state index in [-0.39, 0.29) is 24.6 Å². The van der Waals surface area contributed by atoms with Crippen LogP contribution in [0.15, 0.2) is 0 Å². The molecule has 0 heterocycles. The zero-order valence-corrected chi connectivity index (χ0v) is 17.7. The number of esters is 1. The molecule has 0 aromatic carbocycles. The molecule has 0 aliphatic heterocycles. The number of aliphatic hydroxyl groups excluding tert-OH is 2. The Morgan fingerprint density at radius 3 is 1.93 bits per heavy atom. The van der Waals surface area contributed by atoms with Crippen molar-refractivity contribution in [3.05, 3.63) is 0 Å². The molecule has 0 spiro atoms. The van der Waals surface area contributed by atoms with Gasteiger partial charge in [0.2, 0.25) is 0 Å². The molecule has 0 aromatic rings. The van der Waals surface area contributed by atoms with Crippen molar-refractivity contribution < 1.29 is 19.7 Å². The van der Waals surface area contributed by atoms with Gasteiger partial charge in [0.15, 0.2) is 0 Å². The minimum absolute atomic E-state index is 0.0882. The topological polar surface area (TPSA) is 66.8 Å². The Bertz CT molecular complexity index is 361. The minimum atomic E-state index is -0.964. The van der Waals surface area contributed by atoms with Crippen LogP contribution in [0.2, 0.25) is 0 Å². The summed E-state index contributed by atoms with van der Waals surface area (Å²) in [6.07, 6.45) is 19.4. The highest BCUT2D eigenvalue weighted by Gasteiger charge is 2.39. The molecule has 27 heavy (non-hydrogen) atoms. The van der Waals surface area contributed by atoms with E-state index < -0.39 is 6.10 Å². The Morgan fingerprint density at radius 2 is 1.41 bits per heavy atom. The molecule has 0 saturated heterocycles. The molecule has 1 aliphatic carbocycles. The van der Waals surface area contributed by atoms with Crippen LogP contribution in [0.5, 0.6) is 0 Å². The van der Waals surface area contributed by atoms with Gasteiger partial charge in [-0.05, 0) is 19.3 Å². The Labute approximate surface area is 167 Å². The fourth-order valence-corrected chi connectivity index (χ4v) is 4.29. The van der Waals surface area contributed by atoms with Crippen LogP contribution in [-0.2, 0) is 9.53 Å². The first-order chi connectivity index (χ1) is 13.1. The molecule has 1 unspecified atom stereocenters. The van der Waals surface area contributed by atoms with Gasteiger partial charge in [-0.25, -0.2) is 0 Å². The van der Waals surface area contributed by atoms with E-state index in [9.17, 15) is 9.90 Å². The van der Waals surface area contributed by atoms with Crippen LogP contribution in [-0.4, -0.2) is 35.5 Å². The maximum Gasteiger partial charge on any atom is 0.312 e. The van der Waals surface area contributed by atoms with Crippen molar-refractivity contribution in [1.29, 1.82) is 0 Å². The lowest BCUT2D eigenvalue weighted by Crippen LogP contribution is -2.35. The normalized spacial score (nSPS) is 18.0. The first kappa shape index (κ1) is 24.4. The van der Waals surface area contributed by atoms with Crippen LogP contribution in [0.25, 0.3) is 0 Å². The van der Waals surface area contributed by atoms with Gasteiger partial charge in [-0.1, -0.05) is 96.8 Å². The maximum atomic E-state index is 12.8. The van der Waals surface area contributed by atoms with Gasteiger partial charge >= 0.3 is 5.97 Å². The summed E-state index contributed by atoms with van der Waals surface area (Å²) < 4.78 is 5.39. The molecule has 1 atom stereocenters. The molecule has 1 saturated carbocycles. The second-order valence-electron chi connectivity index (χ2n) is 8.56. The van der Waals surface area contributed by atoms with Crippen molar-refractivity contribution in [2.45, 2.75) is 122 Å². The third-order valence-electron chi connectivity index (χ3n) is 6.12. The van der Waals surface area contributed by atoms with Crippen molar-refractivity contribution >= 4 is 5.97 Å². The van der Waals surface area contributed by atoms with Crippen LogP contribution in [0.3, 0.4) is 0 Å². The van der Waals surface area contributed by atoms with Crippen LogP contribution in [0, 0.1) is 5.41 Å². The summed E-state index contributed by atoms with van der Waals surface area (Å²) in [5.74, 6) is -0.146. The summed E-state index contributed by atoms with van der Waals surface area (Å²) in [4.78, 5) is 12.8. The summed E-state index contributed by atoms with van der Waals surface area (Å²) in [6, 6.07) is 0. The summed E-state index contributed by atoms with van der Waals surface area (Å²) in [6.45, 7) is 1.81. The number of hydrogen-bond acceptors (Lipinski definition) is 4. The molecular weight excluding hydrogens is 340 g/mol. The average Bonchev–Trinajstić information content (AvgIpc) is 2.94. The third-order valence-corrected chi connectivity index (χ3v) is 6.12. The molecule has 0 bridgehead atoms. The zero-order chi connectivity index (χ0) is 19.8. The quantitative estimate of drug-likeness (QED) is 0.221. The van der Waals surface area contributed by atoms with Gasteiger partial charge in [0, 0.05) is 0 Å². The van der Waals surface area contributed by atoms with E-state index in [2.05, 4.69) is 6.92 Å².